The van der Waals surface area contributed by atoms with Crippen LogP contribution in [-0.2, 0) is 0 Å². The van der Waals surface area contributed by atoms with E-state index in [0.29, 0.717) is 41.4 Å². The lowest BCUT2D eigenvalue weighted by atomic mass is 9.43. The van der Waals surface area contributed by atoms with Crippen LogP contribution in [0.1, 0.15) is 130 Å². The van der Waals surface area contributed by atoms with Gasteiger partial charge in [-0.1, -0.05) is 34.1 Å². The van der Waals surface area contributed by atoms with Gasteiger partial charge in [0.1, 0.15) is 0 Å². The average Bonchev–Trinajstić information content (AvgIpc) is 3.20. The van der Waals surface area contributed by atoms with Gasteiger partial charge in [0.25, 0.3) is 0 Å². The standard InChI is InChI=1S/C32H53F3O2/c1-5-22-11-16-30(36,17-12-22)15-10-21(2)25-8-9-26-24-7-6-23-20-31(37,32(33,34)35)19-18-28(23,3)27(24)13-14-29(25,26)4/h21-27,36-37H,5-20H2,1-4H3/t21-,22-,23-,24-,25-,26-,27-,28-,29+,30-,31-/m0/s1. The van der Waals surface area contributed by atoms with Gasteiger partial charge in [-0.15, -0.1) is 0 Å². The van der Waals surface area contributed by atoms with Crippen LogP contribution >= 0.6 is 0 Å². The van der Waals surface area contributed by atoms with Crippen LogP contribution in [0, 0.1) is 52.3 Å². The van der Waals surface area contributed by atoms with Crippen molar-refractivity contribution in [2.24, 2.45) is 52.3 Å². The highest BCUT2D eigenvalue weighted by Crippen LogP contribution is 2.69. The van der Waals surface area contributed by atoms with Crippen LogP contribution in [0.15, 0.2) is 0 Å². The molecule has 37 heavy (non-hydrogen) atoms. The number of rotatable bonds is 5. The van der Waals surface area contributed by atoms with Crippen molar-refractivity contribution in [2.45, 2.75) is 148 Å². The molecule has 0 aromatic carbocycles. The van der Waals surface area contributed by atoms with Crippen LogP contribution in [0.2, 0.25) is 0 Å². The molecule has 5 fully saturated rings. The van der Waals surface area contributed by atoms with E-state index in [1.807, 2.05) is 0 Å². The van der Waals surface area contributed by atoms with Gasteiger partial charge in [-0.25, -0.2) is 0 Å². The van der Waals surface area contributed by atoms with Crippen LogP contribution < -0.4 is 0 Å². The Morgan fingerprint density at radius 2 is 1.49 bits per heavy atom. The van der Waals surface area contributed by atoms with Gasteiger partial charge in [-0.2, -0.15) is 13.2 Å². The molecule has 0 saturated heterocycles. The summed E-state index contributed by atoms with van der Waals surface area (Å²) in [5.41, 5.74) is -2.68. The smallest absolute Gasteiger partial charge is 0.390 e. The lowest BCUT2D eigenvalue weighted by Crippen LogP contribution is -2.59. The summed E-state index contributed by atoms with van der Waals surface area (Å²) in [7, 11) is 0. The second-order valence-corrected chi connectivity index (χ2v) is 15.2. The van der Waals surface area contributed by atoms with Crippen molar-refractivity contribution in [1.82, 2.24) is 0 Å². The highest BCUT2D eigenvalue weighted by molar-refractivity contribution is 5.11. The minimum absolute atomic E-state index is 0.0156. The zero-order valence-corrected chi connectivity index (χ0v) is 23.9. The molecule has 0 aromatic rings. The molecule has 0 heterocycles. The number of hydrogen-bond donors (Lipinski definition) is 2. The summed E-state index contributed by atoms with van der Waals surface area (Å²) in [6.45, 7) is 9.52. The lowest BCUT2D eigenvalue weighted by Gasteiger charge is -2.62. The molecule has 9 atom stereocenters. The van der Waals surface area contributed by atoms with Crippen molar-refractivity contribution in [3.8, 4) is 0 Å². The van der Waals surface area contributed by atoms with E-state index in [9.17, 15) is 23.4 Å². The van der Waals surface area contributed by atoms with Crippen molar-refractivity contribution in [3.05, 3.63) is 0 Å². The van der Waals surface area contributed by atoms with E-state index >= 15 is 0 Å². The van der Waals surface area contributed by atoms with Crippen LogP contribution in [0.25, 0.3) is 0 Å². The fraction of sp³-hybridized carbons (Fsp3) is 1.00. The fourth-order valence-corrected chi connectivity index (χ4v) is 11.0. The predicted molar refractivity (Wildman–Crippen MR) is 142 cm³/mol. The Labute approximate surface area is 223 Å². The SMILES string of the molecule is CC[C@H]1CC[C@@](O)(CC[C@H](C)[C@@H]2CC[C@H]3[C@@H]4CC[C@H]5C[C@](O)(C(F)(F)F)CC[C@]5(C)[C@H]4CC[C@@]32C)CC1. The van der Waals surface area contributed by atoms with Gasteiger partial charge in [-0.3, -0.25) is 0 Å². The Hall–Kier alpha value is -0.290. The van der Waals surface area contributed by atoms with E-state index in [4.69, 9.17) is 0 Å². The minimum atomic E-state index is -4.52. The topological polar surface area (TPSA) is 40.5 Å². The molecule has 0 bridgehead atoms. The average molecular weight is 527 g/mol. The van der Waals surface area contributed by atoms with Crippen LogP contribution in [0.3, 0.4) is 0 Å². The van der Waals surface area contributed by atoms with Gasteiger partial charge in [0.05, 0.1) is 5.60 Å². The molecule has 5 saturated carbocycles. The summed E-state index contributed by atoms with van der Waals surface area (Å²) in [6.07, 6.45) is 10.1. The molecule has 0 aliphatic heterocycles. The lowest BCUT2D eigenvalue weighted by molar-refractivity contribution is -0.290. The van der Waals surface area contributed by atoms with Crippen molar-refractivity contribution < 1.29 is 23.4 Å². The molecule has 2 nitrogen and oxygen atoms in total. The summed E-state index contributed by atoms with van der Waals surface area (Å²) in [6, 6.07) is 0. The zero-order chi connectivity index (χ0) is 26.9. The van der Waals surface area contributed by atoms with Crippen molar-refractivity contribution in [1.29, 1.82) is 0 Å². The largest absolute Gasteiger partial charge is 0.417 e. The van der Waals surface area contributed by atoms with E-state index in [2.05, 4.69) is 27.7 Å². The number of alkyl halides is 3. The molecule has 5 rings (SSSR count). The van der Waals surface area contributed by atoms with Crippen LogP contribution in [0.5, 0.6) is 0 Å². The van der Waals surface area contributed by atoms with Crippen LogP contribution in [0.4, 0.5) is 13.2 Å². The normalized spacial score (nSPS) is 51.2. The molecule has 0 spiro atoms. The van der Waals surface area contributed by atoms with Gasteiger partial charge in [0, 0.05) is 0 Å². The summed E-state index contributed by atoms with van der Waals surface area (Å²) in [5.74, 6) is 3.91. The van der Waals surface area contributed by atoms with E-state index in [-0.39, 0.29) is 24.2 Å². The maximum atomic E-state index is 13.7. The summed E-state index contributed by atoms with van der Waals surface area (Å²) in [5, 5.41) is 21.8. The monoisotopic (exact) mass is 526 g/mol. The van der Waals surface area contributed by atoms with Crippen molar-refractivity contribution >= 4 is 0 Å². The second-order valence-electron chi connectivity index (χ2n) is 15.2. The number of hydrogen-bond acceptors (Lipinski definition) is 2. The number of halogens is 3. The Balaban J connectivity index is 1.24. The maximum Gasteiger partial charge on any atom is 0.417 e. The number of aliphatic hydroxyl groups is 2. The summed E-state index contributed by atoms with van der Waals surface area (Å²) in [4.78, 5) is 0. The minimum Gasteiger partial charge on any atom is -0.390 e. The van der Waals surface area contributed by atoms with Crippen molar-refractivity contribution in [2.75, 3.05) is 0 Å². The fourth-order valence-electron chi connectivity index (χ4n) is 11.0. The first-order chi connectivity index (χ1) is 17.2. The highest BCUT2D eigenvalue weighted by Gasteiger charge is 2.65. The molecule has 0 aromatic heterocycles. The Morgan fingerprint density at radius 3 is 2.14 bits per heavy atom. The first kappa shape index (κ1) is 28.2. The third-order valence-corrected chi connectivity index (χ3v) is 13.7. The molecular weight excluding hydrogens is 473 g/mol. The molecule has 5 aliphatic carbocycles. The quantitative estimate of drug-likeness (QED) is 0.376. The summed E-state index contributed by atoms with van der Waals surface area (Å²) < 4.78 is 41.0. The van der Waals surface area contributed by atoms with E-state index in [1.54, 1.807) is 0 Å². The van der Waals surface area contributed by atoms with Gasteiger partial charge >= 0.3 is 6.18 Å². The van der Waals surface area contributed by atoms with Crippen molar-refractivity contribution in [3.63, 3.8) is 0 Å². The summed E-state index contributed by atoms with van der Waals surface area (Å²) >= 11 is 0. The van der Waals surface area contributed by atoms with Gasteiger partial charge < -0.3 is 10.2 Å². The van der Waals surface area contributed by atoms with E-state index in [0.717, 1.165) is 50.9 Å². The molecule has 0 amide bonds. The highest BCUT2D eigenvalue weighted by atomic mass is 19.4. The molecule has 5 heteroatoms. The first-order valence-corrected chi connectivity index (χ1v) is 15.8. The Bertz CT molecular complexity index is 819. The van der Waals surface area contributed by atoms with E-state index < -0.39 is 17.4 Å². The first-order valence-electron chi connectivity index (χ1n) is 15.8. The zero-order valence-electron chi connectivity index (χ0n) is 23.9. The third-order valence-electron chi connectivity index (χ3n) is 13.7. The third kappa shape index (κ3) is 4.72. The Kier molecular flexibility index (Phi) is 7.38. The van der Waals surface area contributed by atoms with Crippen LogP contribution in [-0.4, -0.2) is 27.6 Å². The molecule has 0 radical (unpaired) electrons. The maximum absolute atomic E-state index is 13.7. The Morgan fingerprint density at radius 1 is 0.811 bits per heavy atom. The molecule has 2 N–H and O–H groups in total. The van der Waals surface area contributed by atoms with Gasteiger partial charge in [0.15, 0.2) is 5.60 Å². The molecule has 214 valence electrons. The molecule has 5 aliphatic rings. The predicted octanol–water partition coefficient (Wildman–Crippen LogP) is 8.69. The van der Waals surface area contributed by atoms with Gasteiger partial charge in [-0.05, 0) is 149 Å². The van der Waals surface area contributed by atoms with E-state index in [1.165, 1.54) is 38.5 Å². The van der Waals surface area contributed by atoms with Gasteiger partial charge in [0.2, 0.25) is 0 Å². The second kappa shape index (κ2) is 9.67. The molecule has 0 unspecified atom stereocenters. The molecular formula is C32H53F3O2. The number of fused-ring (bicyclic) bond motifs is 5.